The third-order valence-corrected chi connectivity index (χ3v) is 1.13. The minimum Gasteiger partial charge on any atom is -0.454 e. The van der Waals surface area contributed by atoms with Crippen LogP contribution in [0.2, 0.25) is 0 Å². The standard InChI is InChI=1S/C9H8O2/c1-2-9(10)11-8-6-4-3-5-7-8/h1,3-7,9-10H. The van der Waals surface area contributed by atoms with E-state index in [1.807, 2.05) is 12.0 Å². The Morgan fingerprint density at radius 2 is 2.00 bits per heavy atom. The predicted octanol–water partition coefficient (Wildman–Crippen LogP) is 1.02. The van der Waals surface area contributed by atoms with E-state index in [2.05, 4.69) is 0 Å². The topological polar surface area (TPSA) is 29.5 Å². The van der Waals surface area contributed by atoms with E-state index in [1.165, 1.54) is 0 Å². The normalized spacial score (nSPS) is 11.6. The summed E-state index contributed by atoms with van der Waals surface area (Å²) >= 11 is 0. The Morgan fingerprint density at radius 1 is 1.36 bits per heavy atom. The van der Waals surface area contributed by atoms with Crippen LogP contribution in [-0.4, -0.2) is 11.4 Å². The van der Waals surface area contributed by atoms with E-state index in [9.17, 15) is 0 Å². The minimum absolute atomic E-state index is 0.568. The van der Waals surface area contributed by atoms with Crippen molar-refractivity contribution in [2.75, 3.05) is 0 Å². The van der Waals surface area contributed by atoms with Gasteiger partial charge in [0.25, 0.3) is 6.29 Å². The molecule has 0 saturated heterocycles. The summed E-state index contributed by atoms with van der Waals surface area (Å²) in [4.78, 5) is 0. The minimum atomic E-state index is -1.16. The van der Waals surface area contributed by atoms with Crippen LogP contribution in [0.4, 0.5) is 0 Å². The van der Waals surface area contributed by atoms with E-state index in [0.717, 1.165) is 0 Å². The lowest BCUT2D eigenvalue weighted by molar-refractivity contribution is 0.0333. The Balaban J connectivity index is 2.60. The first-order chi connectivity index (χ1) is 5.33. The maximum atomic E-state index is 8.85. The molecule has 0 bridgehead atoms. The number of benzene rings is 1. The highest BCUT2D eigenvalue weighted by atomic mass is 16.6. The highest BCUT2D eigenvalue weighted by Crippen LogP contribution is 2.09. The van der Waals surface area contributed by atoms with Crippen LogP contribution in [0.25, 0.3) is 0 Å². The van der Waals surface area contributed by atoms with Crippen molar-refractivity contribution >= 4 is 0 Å². The van der Waals surface area contributed by atoms with Gasteiger partial charge in [0.05, 0.1) is 0 Å². The van der Waals surface area contributed by atoms with Crippen LogP contribution in [0, 0.1) is 12.3 Å². The van der Waals surface area contributed by atoms with Gasteiger partial charge in [-0.1, -0.05) is 18.2 Å². The Hall–Kier alpha value is -1.46. The van der Waals surface area contributed by atoms with Gasteiger partial charge in [0, 0.05) is 0 Å². The summed E-state index contributed by atoms with van der Waals surface area (Å²) in [5.74, 6) is 2.61. The molecule has 0 aliphatic rings. The van der Waals surface area contributed by atoms with Gasteiger partial charge in [-0.05, 0) is 18.1 Å². The number of aliphatic hydroxyl groups excluding tert-OH is 1. The van der Waals surface area contributed by atoms with E-state index in [-0.39, 0.29) is 0 Å². The SMILES string of the molecule is C#CC(O)Oc1ccccc1. The average Bonchev–Trinajstić information content (AvgIpc) is 2.06. The third-order valence-electron chi connectivity index (χ3n) is 1.13. The molecule has 56 valence electrons. The summed E-state index contributed by atoms with van der Waals surface area (Å²) in [5, 5.41) is 8.85. The summed E-state index contributed by atoms with van der Waals surface area (Å²) in [7, 11) is 0. The zero-order valence-corrected chi connectivity index (χ0v) is 5.90. The van der Waals surface area contributed by atoms with E-state index < -0.39 is 6.29 Å². The fourth-order valence-electron chi connectivity index (χ4n) is 0.662. The first-order valence-electron chi connectivity index (χ1n) is 3.19. The van der Waals surface area contributed by atoms with Crippen LogP contribution in [0.1, 0.15) is 0 Å². The molecule has 0 aliphatic carbocycles. The van der Waals surface area contributed by atoms with Gasteiger partial charge in [0.1, 0.15) is 5.75 Å². The predicted molar refractivity (Wildman–Crippen MR) is 41.9 cm³/mol. The zero-order valence-electron chi connectivity index (χ0n) is 5.90. The van der Waals surface area contributed by atoms with E-state index in [1.54, 1.807) is 24.3 Å². The lowest BCUT2D eigenvalue weighted by Crippen LogP contribution is -2.11. The lowest BCUT2D eigenvalue weighted by atomic mass is 10.3. The second kappa shape index (κ2) is 3.65. The fourth-order valence-corrected chi connectivity index (χ4v) is 0.662. The van der Waals surface area contributed by atoms with Crippen LogP contribution in [-0.2, 0) is 0 Å². The summed E-state index contributed by atoms with van der Waals surface area (Å²) in [6.45, 7) is 0. The van der Waals surface area contributed by atoms with Crippen molar-refractivity contribution in [2.45, 2.75) is 6.29 Å². The number of hydrogen-bond acceptors (Lipinski definition) is 2. The van der Waals surface area contributed by atoms with Crippen LogP contribution in [0.3, 0.4) is 0 Å². The highest BCUT2D eigenvalue weighted by Gasteiger charge is 1.97. The summed E-state index contributed by atoms with van der Waals surface area (Å²) in [6.07, 6.45) is 3.74. The summed E-state index contributed by atoms with van der Waals surface area (Å²) in [6, 6.07) is 8.91. The number of terminal acetylenes is 1. The van der Waals surface area contributed by atoms with Gasteiger partial charge in [0.2, 0.25) is 0 Å². The number of para-hydroxylation sites is 1. The largest absolute Gasteiger partial charge is 0.454 e. The second-order valence-corrected chi connectivity index (χ2v) is 1.95. The molecule has 2 heteroatoms. The Bertz CT molecular complexity index is 248. The van der Waals surface area contributed by atoms with Gasteiger partial charge >= 0.3 is 0 Å². The Labute approximate surface area is 65.4 Å². The fraction of sp³-hybridized carbons (Fsp3) is 0.111. The molecule has 2 nitrogen and oxygen atoms in total. The third kappa shape index (κ3) is 2.32. The van der Waals surface area contributed by atoms with Crippen molar-refractivity contribution in [3.05, 3.63) is 30.3 Å². The molecule has 1 aromatic carbocycles. The molecule has 1 unspecified atom stereocenters. The van der Waals surface area contributed by atoms with Crippen molar-refractivity contribution in [3.63, 3.8) is 0 Å². The van der Waals surface area contributed by atoms with Gasteiger partial charge in [-0.15, -0.1) is 6.42 Å². The molecule has 0 aromatic heterocycles. The number of hydrogen-bond donors (Lipinski definition) is 1. The van der Waals surface area contributed by atoms with Gasteiger partial charge in [-0.3, -0.25) is 0 Å². The second-order valence-electron chi connectivity index (χ2n) is 1.95. The molecule has 11 heavy (non-hydrogen) atoms. The Kier molecular flexibility index (Phi) is 2.53. The quantitative estimate of drug-likeness (QED) is 0.501. The first-order valence-corrected chi connectivity index (χ1v) is 3.19. The molecule has 0 aliphatic heterocycles. The molecule has 1 rings (SSSR count). The molecule has 1 N–H and O–H groups in total. The molecule has 0 fully saturated rings. The average molecular weight is 148 g/mol. The van der Waals surface area contributed by atoms with Gasteiger partial charge < -0.3 is 9.84 Å². The van der Waals surface area contributed by atoms with Gasteiger partial charge in [-0.25, -0.2) is 0 Å². The maximum Gasteiger partial charge on any atom is 0.262 e. The molecular formula is C9H8O2. The molecule has 1 aromatic rings. The lowest BCUT2D eigenvalue weighted by Gasteiger charge is -2.05. The van der Waals surface area contributed by atoms with Gasteiger partial charge in [0.15, 0.2) is 0 Å². The van der Waals surface area contributed by atoms with Crippen molar-refractivity contribution in [2.24, 2.45) is 0 Å². The van der Waals surface area contributed by atoms with E-state index in [4.69, 9.17) is 16.3 Å². The molecule has 0 amide bonds. The molecule has 0 spiro atoms. The highest BCUT2D eigenvalue weighted by molar-refractivity contribution is 5.21. The number of ether oxygens (including phenoxy) is 1. The number of aliphatic hydroxyl groups is 1. The first kappa shape index (κ1) is 7.64. The summed E-state index contributed by atoms with van der Waals surface area (Å²) in [5.41, 5.74) is 0. The summed E-state index contributed by atoms with van der Waals surface area (Å²) < 4.78 is 4.88. The van der Waals surface area contributed by atoms with Crippen molar-refractivity contribution in [1.82, 2.24) is 0 Å². The molecular weight excluding hydrogens is 140 g/mol. The van der Waals surface area contributed by atoms with Crippen LogP contribution in [0.15, 0.2) is 30.3 Å². The monoisotopic (exact) mass is 148 g/mol. The molecule has 0 heterocycles. The smallest absolute Gasteiger partial charge is 0.262 e. The zero-order chi connectivity index (χ0) is 8.10. The van der Waals surface area contributed by atoms with Crippen molar-refractivity contribution in [1.29, 1.82) is 0 Å². The van der Waals surface area contributed by atoms with Crippen LogP contribution >= 0.6 is 0 Å². The molecule has 0 radical (unpaired) electrons. The van der Waals surface area contributed by atoms with Gasteiger partial charge in [-0.2, -0.15) is 0 Å². The van der Waals surface area contributed by atoms with Crippen molar-refractivity contribution in [3.8, 4) is 18.1 Å². The van der Waals surface area contributed by atoms with Crippen LogP contribution < -0.4 is 4.74 Å². The van der Waals surface area contributed by atoms with E-state index in [0.29, 0.717) is 5.75 Å². The molecule has 0 saturated carbocycles. The van der Waals surface area contributed by atoms with Crippen molar-refractivity contribution < 1.29 is 9.84 Å². The van der Waals surface area contributed by atoms with E-state index >= 15 is 0 Å². The maximum absolute atomic E-state index is 8.85. The number of rotatable bonds is 2. The van der Waals surface area contributed by atoms with Crippen LogP contribution in [0.5, 0.6) is 5.75 Å². The molecule has 1 atom stereocenters. The Morgan fingerprint density at radius 3 is 2.55 bits per heavy atom.